The predicted octanol–water partition coefficient (Wildman–Crippen LogP) is 2.40. The van der Waals surface area contributed by atoms with Crippen molar-refractivity contribution in [2.24, 2.45) is 0 Å². The number of aliphatic hydroxyl groups is 1. The molecular formula is C20H25FN2O3. The SMILES string of the molecule is COc1ccccc1N1CCN(C[C@H](O)COc2ccccc2F)CC1. The fourth-order valence-corrected chi connectivity index (χ4v) is 3.16. The summed E-state index contributed by atoms with van der Waals surface area (Å²) in [5, 5.41) is 10.2. The van der Waals surface area contributed by atoms with Crippen LogP contribution in [0.2, 0.25) is 0 Å². The molecule has 1 atom stereocenters. The first-order valence-corrected chi connectivity index (χ1v) is 8.83. The van der Waals surface area contributed by atoms with Gasteiger partial charge in [0.15, 0.2) is 11.6 Å². The molecule has 1 aliphatic heterocycles. The van der Waals surface area contributed by atoms with Crippen LogP contribution < -0.4 is 14.4 Å². The molecule has 0 aliphatic carbocycles. The van der Waals surface area contributed by atoms with Gasteiger partial charge in [-0.3, -0.25) is 4.90 Å². The lowest BCUT2D eigenvalue weighted by Gasteiger charge is -2.37. The minimum atomic E-state index is -0.660. The van der Waals surface area contributed by atoms with E-state index in [-0.39, 0.29) is 12.4 Å². The number of nitrogens with zero attached hydrogens (tertiary/aromatic N) is 2. The monoisotopic (exact) mass is 360 g/mol. The van der Waals surface area contributed by atoms with Crippen LogP contribution in [0.15, 0.2) is 48.5 Å². The van der Waals surface area contributed by atoms with Crippen LogP contribution in [-0.4, -0.2) is 62.6 Å². The minimum Gasteiger partial charge on any atom is -0.495 e. The van der Waals surface area contributed by atoms with E-state index in [2.05, 4.69) is 15.9 Å². The van der Waals surface area contributed by atoms with Crippen LogP contribution in [0.1, 0.15) is 0 Å². The second-order valence-electron chi connectivity index (χ2n) is 6.35. The van der Waals surface area contributed by atoms with Crippen LogP contribution in [-0.2, 0) is 0 Å². The first kappa shape index (κ1) is 18.5. The lowest BCUT2D eigenvalue weighted by Crippen LogP contribution is -2.49. The van der Waals surface area contributed by atoms with Crippen molar-refractivity contribution < 1.29 is 19.0 Å². The Balaban J connectivity index is 1.45. The molecule has 3 rings (SSSR count). The van der Waals surface area contributed by atoms with Gasteiger partial charge in [-0.25, -0.2) is 4.39 Å². The lowest BCUT2D eigenvalue weighted by atomic mass is 10.2. The molecule has 0 saturated carbocycles. The summed E-state index contributed by atoms with van der Waals surface area (Å²) in [6, 6.07) is 14.2. The molecular weight excluding hydrogens is 335 g/mol. The van der Waals surface area contributed by atoms with E-state index in [0.29, 0.717) is 6.54 Å². The highest BCUT2D eigenvalue weighted by Gasteiger charge is 2.21. The summed E-state index contributed by atoms with van der Waals surface area (Å²) in [6.45, 7) is 3.99. The van der Waals surface area contributed by atoms with Crippen molar-refractivity contribution in [2.45, 2.75) is 6.10 Å². The highest BCUT2D eigenvalue weighted by molar-refractivity contribution is 5.58. The zero-order valence-electron chi connectivity index (χ0n) is 15.0. The Labute approximate surface area is 153 Å². The van der Waals surface area contributed by atoms with Crippen molar-refractivity contribution in [1.29, 1.82) is 0 Å². The van der Waals surface area contributed by atoms with Crippen molar-refractivity contribution in [3.63, 3.8) is 0 Å². The molecule has 1 heterocycles. The number of benzene rings is 2. The van der Waals surface area contributed by atoms with Gasteiger partial charge in [-0.2, -0.15) is 0 Å². The third-order valence-corrected chi connectivity index (χ3v) is 4.53. The molecule has 6 heteroatoms. The van der Waals surface area contributed by atoms with Gasteiger partial charge in [-0.15, -0.1) is 0 Å². The fraction of sp³-hybridized carbons (Fsp3) is 0.400. The maximum Gasteiger partial charge on any atom is 0.165 e. The Bertz CT molecular complexity index is 705. The number of β-amino-alcohol motifs (C(OH)–C–C–N with tert-alkyl or cyclic N) is 1. The number of aliphatic hydroxyl groups excluding tert-OH is 1. The van der Waals surface area contributed by atoms with Crippen LogP contribution in [0.25, 0.3) is 0 Å². The molecule has 0 spiro atoms. The number of methoxy groups -OCH3 is 1. The number of halogens is 1. The van der Waals surface area contributed by atoms with Crippen LogP contribution in [0.3, 0.4) is 0 Å². The van der Waals surface area contributed by atoms with Crippen molar-refractivity contribution in [3.8, 4) is 11.5 Å². The fourth-order valence-electron chi connectivity index (χ4n) is 3.16. The topological polar surface area (TPSA) is 45.2 Å². The van der Waals surface area contributed by atoms with E-state index in [1.807, 2.05) is 18.2 Å². The zero-order chi connectivity index (χ0) is 18.4. The third kappa shape index (κ3) is 4.65. The normalized spacial score (nSPS) is 16.3. The summed E-state index contributed by atoms with van der Waals surface area (Å²) in [4.78, 5) is 4.48. The number of anilines is 1. The Morgan fingerprint density at radius 2 is 1.65 bits per heavy atom. The van der Waals surface area contributed by atoms with Gasteiger partial charge in [0.25, 0.3) is 0 Å². The molecule has 1 fully saturated rings. The first-order chi connectivity index (χ1) is 12.7. The summed E-state index contributed by atoms with van der Waals surface area (Å²) < 4.78 is 24.3. The maximum absolute atomic E-state index is 13.5. The predicted molar refractivity (Wildman–Crippen MR) is 99.5 cm³/mol. The molecule has 0 aromatic heterocycles. The Morgan fingerprint density at radius 3 is 2.35 bits per heavy atom. The summed E-state index contributed by atoms with van der Waals surface area (Å²) in [7, 11) is 1.68. The van der Waals surface area contributed by atoms with Crippen LogP contribution in [0.5, 0.6) is 11.5 Å². The van der Waals surface area contributed by atoms with Gasteiger partial charge in [0, 0.05) is 32.7 Å². The Morgan fingerprint density at radius 1 is 1.00 bits per heavy atom. The van der Waals surface area contributed by atoms with E-state index in [1.54, 1.807) is 25.3 Å². The summed E-state index contributed by atoms with van der Waals surface area (Å²) in [6.07, 6.45) is -0.660. The Kier molecular flexibility index (Phi) is 6.30. The third-order valence-electron chi connectivity index (χ3n) is 4.53. The van der Waals surface area contributed by atoms with Gasteiger partial charge in [-0.05, 0) is 24.3 Å². The van der Waals surface area contributed by atoms with Gasteiger partial charge in [0.2, 0.25) is 0 Å². The van der Waals surface area contributed by atoms with Crippen molar-refractivity contribution >= 4 is 5.69 Å². The summed E-state index contributed by atoms with van der Waals surface area (Å²) in [5.74, 6) is 0.636. The van der Waals surface area contributed by atoms with Gasteiger partial charge >= 0.3 is 0 Å². The largest absolute Gasteiger partial charge is 0.495 e. The second kappa shape index (κ2) is 8.87. The van der Waals surface area contributed by atoms with Crippen LogP contribution >= 0.6 is 0 Å². The van der Waals surface area contributed by atoms with E-state index in [4.69, 9.17) is 9.47 Å². The first-order valence-electron chi connectivity index (χ1n) is 8.83. The molecule has 1 saturated heterocycles. The van der Waals surface area contributed by atoms with E-state index in [1.165, 1.54) is 6.07 Å². The zero-order valence-corrected chi connectivity index (χ0v) is 15.0. The summed E-state index contributed by atoms with van der Waals surface area (Å²) in [5.41, 5.74) is 1.10. The molecule has 26 heavy (non-hydrogen) atoms. The molecule has 140 valence electrons. The molecule has 1 N–H and O–H groups in total. The number of ether oxygens (including phenoxy) is 2. The number of piperazine rings is 1. The van der Waals surface area contributed by atoms with Crippen LogP contribution in [0, 0.1) is 5.82 Å². The number of para-hydroxylation sites is 3. The Hall–Kier alpha value is -2.31. The summed E-state index contributed by atoms with van der Waals surface area (Å²) >= 11 is 0. The smallest absolute Gasteiger partial charge is 0.165 e. The van der Waals surface area contributed by atoms with Gasteiger partial charge in [0.1, 0.15) is 18.5 Å². The van der Waals surface area contributed by atoms with Crippen molar-refractivity contribution in [1.82, 2.24) is 4.90 Å². The van der Waals surface area contributed by atoms with Gasteiger partial charge in [0.05, 0.1) is 12.8 Å². The molecule has 2 aromatic rings. The maximum atomic E-state index is 13.5. The van der Waals surface area contributed by atoms with E-state index < -0.39 is 11.9 Å². The molecule has 5 nitrogen and oxygen atoms in total. The minimum absolute atomic E-state index is 0.0770. The standard InChI is InChI=1S/C20H25FN2O3/c1-25-20-9-5-3-7-18(20)23-12-10-22(11-13-23)14-16(24)15-26-19-8-4-2-6-17(19)21/h2-9,16,24H,10-15H2,1H3/t16-/m0/s1. The molecule has 0 radical (unpaired) electrons. The van der Waals surface area contributed by atoms with E-state index in [0.717, 1.165) is 37.6 Å². The lowest BCUT2D eigenvalue weighted by molar-refractivity contribution is 0.0649. The molecule has 0 amide bonds. The highest BCUT2D eigenvalue weighted by Crippen LogP contribution is 2.28. The highest BCUT2D eigenvalue weighted by atomic mass is 19.1. The number of hydrogen-bond acceptors (Lipinski definition) is 5. The van der Waals surface area contributed by atoms with Gasteiger partial charge in [-0.1, -0.05) is 24.3 Å². The van der Waals surface area contributed by atoms with Crippen molar-refractivity contribution in [2.75, 3.05) is 51.3 Å². The molecule has 0 bridgehead atoms. The number of hydrogen-bond donors (Lipinski definition) is 1. The second-order valence-corrected chi connectivity index (χ2v) is 6.35. The average molecular weight is 360 g/mol. The molecule has 0 unspecified atom stereocenters. The van der Waals surface area contributed by atoms with Crippen molar-refractivity contribution in [3.05, 3.63) is 54.3 Å². The van der Waals surface area contributed by atoms with E-state index >= 15 is 0 Å². The average Bonchev–Trinajstić information content (AvgIpc) is 2.68. The quantitative estimate of drug-likeness (QED) is 0.822. The van der Waals surface area contributed by atoms with Gasteiger partial charge < -0.3 is 19.5 Å². The van der Waals surface area contributed by atoms with E-state index in [9.17, 15) is 9.50 Å². The number of rotatable bonds is 7. The van der Waals surface area contributed by atoms with Crippen LogP contribution in [0.4, 0.5) is 10.1 Å². The molecule has 2 aromatic carbocycles. The molecule has 1 aliphatic rings.